The quantitative estimate of drug-likeness (QED) is 0.121. The molecule has 196 valence electrons. The summed E-state index contributed by atoms with van der Waals surface area (Å²) in [6.07, 6.45) is 1.39. The van der Waals surface area contributed by atoms with Crippen LogP contribution >= 0.6 is 31.9 Å². The third-order valence-corrected chi connectivity index (χ3v) is 6.38. The van der Waals surface area contributed by atoms with E-state index in [0.29, 0.717) is 23.6 Å². The van der Waals surface area contributed by atoms with Gasteiger partial charge in [-0.3, -0.25) is 14.4 Å². The molecule has 0 aliphatic rings. The maximum atomic E-state index is 12.8. The van der Waals surface area contributed by atoms with E-state index in [1.54, 1.807) is 60.7 Å². The number of carbonyl (C=O) groups excluding carboxylic acids is 3. The molecule has 0 saturated heterocycles. The van der Waals surface area contributed by atoms with Crippen LogP contribution in [-0.4, -0.2) is 23.9 Å². The molecule has 0 spiro atoms. The molecule has 0 fully saturated rings. The normalized spacial score (nSPS) is 10.6. The fraction of sp³-hybridized carbons (Fsp3) is 0.0345. The second kappa shape index (κ2) is 13.5. The van der Waals surface area contributed by atoms with Gasteiger partial charge in [-0.05, 0) is 66.2 Å². The lowest BCUT2D eigenvalue weighted by Crippen LogP contribution is -2.33. The molecule has 3 N–H and O–H groups in total. The Hall–Kier alpha value is -4.28. The van der Waals surface area contributed by atoms with Crippen molar-refractivity contribution in [3.05, 3.63) is 123 Å². The number of para-hydroxylation sites is 2. The number of halogens is 2. The summed E-state index contributed by atoms with van der Waals surface area (Å²) in [5, 5.41) is 9.12. The van der Waals surface area contributed by atoms with E-state index in [-0.39, 0.29) is 11.3 Å². The maximum absolute atomic E-state index is 12.8. The highest BCUT2D eigenvalue weighted by molar-refractivity contribution is 9.10. The van der Waals surface area contributed by atoms with Gasteiger partial charge in [0.25, 0.3) is 5.91 Å². The number of anilines is 2. The Morgan fingerprint density at radius 2 is 1.38 bits per heavy atom. The molecule has 0 bridgehead atoms. The number of rotatable bonds is 8. The summed E-state index contributed by atoms with van der Waals surface area (Å²) in [5.74, 6) is -1.85. The second-order valence-corrected chi connectivity index (χ2v) is 9.94. The van der Waals surface area contributed by atoms with E-state index in [9.17, 15) is 14.4 Å². The molecule has 39 heavy (non-hydrogen) atoms. The zero-order chi connectivity index (χ0) is 27.6. The van der Waals surface area contributed by atoms with Gasteiger partial charge in [-0.15, -0.1) is 0 Å². The van der Waals surface area contributed by atoms with Gasteiger partial charge in [0.2, 0.25) is 0 Å². The van der Waals surface area contributed by atoms with Crippen LogP contribution in [0.25, 0.3) is 0 Å². The lowest BCUT2D eigenvalue weighted by molar-refractivity contribution is -0.136. The molecule has 0 heterocycles. The molecule has 0 aliphatic carbocycles. The fourth-order valence-electron chi connectivity index (χ4n) is 3.37. The number of benzene rings is 4. The van der Waals surface area contributed by atoms with E-state index in [1.165, 1.54) is 12.3 Å². The minimum Gasteiger partial charge on any atom is -0.488 e. The SMILES string of the molecule is O=C(N/N=C/c1ccccc1OCc1ccc(Br)cc1)C(=O)Nc1ccccc1C(=O)Nc1ccc(Br)cc1. The van der Waals surface area contributed by atoms with Crippen molar-refractivity contribution in [3.8, 4) is 5.75 Å². The average molecular weight is 650 g/mol. The smallest absolute Gasteiger partial charge is 0.329 e. The summed E-state index contributed by atoms with van der Waals surface area (Å²) in [6, 6.07) is 28.4. The Kier molecular flexibility index (Phi) is 9.60. The van der Waals surface area contributed by atoms with Crippen molar-refractivity contribution in [2.24, 2.45) is 5.10 Å². The molecule has 10 heteroatoms. The van der Waals surface area contributed by atoms with E-state index >= 15 is 0 Å². The number of nitrogens with zero attached hydrogens (tertiary/aromatic N) is 1. The third kappa shape index (κ3) is 8.10. The number of hydrogen-bond acceptors (Lipinski definition) is 5. The van der Waals surface area contributed by atoms with Gasteiger partial charge < -0.3 is 15.4 Å². The number of carbonyl (C=O) groups is 3. The van der Waals surface area contributed by atoms with Crippen molar-refractivity contribution in [1.82, 2.24) is 5.43 Å². The van der Waals surface area contributed by atoms with Crippen molar-refractivity contribution >= 4 is 67.2 Å². The first kappa shape index (κ1) is 27.7. The highest BCUT2D eigenvalue weighted by Gasteiger charge is 2.18. The van der Waals surface area contributed by atoms with Crippen LogP contribution in [0.2, 0.25) is 0 Å². The molecular weight excluding hydrogens is 628 g/mol. The second-order valence-electron chi connectivity index (χ2n) is 8.11. The molecule has 3 amide bonds. The minimum atomic E-state index is -0.998. The van der Waals surface area contributed by atoms with Gasteiger partial charge in [-0.2, -0.15) is 5.10 Å². The molecule has 4 aromatic rings. The van der Waals surface area contributed by atoms with Gasteiger partial charge in [-0.1, -0.05) is 68.3 Å². The van der Waals surface area contributed by atoms with E-state index in [2.05, 4.69) is 53.0 Å². The van der Waals surface area contributed by atoms with Gasteiger partial charge >= 0.3 is 11.8 Å². The zero-order valence-electron chi connectivity index (χ0n) is 20.4. The van der Waals surface area contributed by atoms with Gasteiger partial charge in [0.15, 0.2) is 0 Å². The van der Waals surface area contributed by atoms with Crippen LogP contribution in [-0.2, 0) is 16.2 Å². The van der Waals surface area contributed by atoms with E-state index in [1.807, 2.05) is 30.3 Å². The number of hydrogen-bond donors (Lipinski definition) is 3. The molecule has 0 saturated carbocycles. The largest absolute Gasteiger partial charge is 0.488 e. The van der Waals surface area contributed by atoms with Crippen LogP contribution < -0.4 is 20.8 Å². The van der Waals surface area contributed by atoms with Crippen molar-refractivity contribution in [2.75, 3.05) is 10.6 Å². The summed E-state index contributed by atoms with van der Waals surface area (Å²) in [4.78, 5) is 37.7. The van der Waals surface area contributed by atoms with Crippen molar-refractivity contribution in [3.63, 3.8) is 0 Å². The summed E-state index contributed by atoms with van der Waals surface area (Å²) >= 11 is 6.75. The standard InChI is InChI=1S/C29H22Br2N4O4/c30-21-11-9-19(10-12-21)18-39-26-8-4-1-5-20(26)17-32-35-29(38)28(37)34-25-7-3-2-6-24(25)27(36)33-23-15-13-22(31)14-16-23/h1-17H,18H2,(H,33,36)(H,34,37)(H,35,38)/b32-17+. The third-order valence-electron chi connectivity index (χ3n) is 5.32. The molecule has 0 radical (unpaired) electrons. The summed E-state index contributed by atoms with van der Waals surface area (Å²) in [5.41, 5.74) is 4.77. The summed E-state index contributed by atoms with van der Waals surface area (Å²) < 4.78 is 7.74. The Balaban J connectivity index is 1.35. The van der Waals surface area contributed by atoms with E-state index in [4.69, 9.17) is 4.74 Å². The summed E-state index contributed by atoms with van der Waals surface area (Å²) in [7, 11) is 0. The van der Waals surface area contributed by atoms with Crippen LogP contribution in [0.15, 0.2) is 111 Å². The number of ether oxygens (including phenoxy) is 1. The van der Waals surface area contributed by atoms with Crippen molar-refractivity contribution in [1.29, 1.82) is 0 Å². The first-order valence-corrected chi connectivity index (χ1v) is 13.2. The lowest BCUT2D eigenvalue weighted by Gasteiger charge is -2.11. The van der Waals surface area contributed by atoms with Crippen LogP contribution in [0.4, 0.5) is 11.4 Å². The van der Waals surface area contributed by atoms with Gasteiger partial charge in [-0.25, -0.2) is 5.43 Å². The Labute approximate surface area is 241 Å². The molecule has 4 rings (SSSR count). The first-order valence-electron chi connectivity index (χ1n) is 11.7. The number of nitrogens with one attached hydrogen (secondary N) is 3. The predicted octanol–water partition coefficient (Wildman–Crippen LogP) is 6.13. The van der Waals surface area contributed by atoms with Gasteiger partial charge in [0.05, 0.1) is 17.5 Å². The Morgan fingerprint density at radius 1 is 0.744 bits per heavy atom. The van der Waals surface area contributed by atoms with Gasteiger partial charge in [0, 0.05) is 20.2 Å². The van der Waals surface area contributed by atoms with Crippen LogP contribution in [0.1, 0.15) is 21.5 Å². The first-order chi connectivity index (χ1) is 18.9. The Bertz CT molecular complexity index is 1510. The van der Waals surface area contributed by atoms with Crippen LogP contribution in [0, 0.1) is 0 Å². The minimum absolute atomic E-state index is 0.183. The monoisotopic (exact) mass is 648 g/mol. The van der Waals surface area contributed by atoms with Crippen LogP contribution in [0.5, 0.6) is 5.75 Å². The van der Waals surface area contributed by atoms with E-state index in [0.717, 1.165) is 14.5 Å². The molecular formula is C29H22Br2N4O4. The molecule has 8 nitrogen and oxygen atoms in total. The number of amides is 3. The average Bonchev–Trinajstić information content (AvgIpc) is 2.94. The predicted molar refractivity (Wildman–Crippen MR) is 158 cm³/mol. The van der Waals surface area contributed by atoms with Crippen molar-refractivity contribution in [2.45, 2.75) is 6.61 Å². The van der Waals surface area contributed by atoms with Gasteiger partial charge in [0.1, 0.15) is 12.4 Å². The highest BCUT2D eigenvalue weighted by atomic mass is 79.9. The zero-order valence-corrected chi connectivity index (χ0v) is 23.5. The fourth-order valence-corrected chi connectivity index (χ4v) is 3.90. The number of hydrazone groups is 1. The van der Waals surface area contributed by atoms with E-state index < -0.39 is 17.7 Å². The molecule has 4 aromatic carbocycles. The highest BCUT2D eigenvalue weighted by Crippen LogP contribution is 2.20. The topological polar surface area (TPSA) is 109 Å². The maximum Gasteiger partial charge on any atom is 0.329 e. The molecule has 0 aliphatic heterocycles. The van der Waals surface area contributed by atoms with Crippen LogP contribution in [0.3, 0.4) is 0 Å². The lowest BCUT2D eigenvalue weighted by atomic mass is 10.1. The molecule has 0 unspecified atom stereocenters. The Morgan fingerprint density at radius 3 is 2.13 bits per heavy atom. The van der Waals surface area contributed by atoms with Crippen molar-refractivity contribution < 1.29 is 19.1 Å². The summed E-state index contributed by atoms with van der Waals surface area (Å²) in [6.45, 7) is 0.349. The molecule has 0 atom stereocenters. The molecule has 0 aromatic heterocycles.